The van der Waals surface area contributed by atoms with Crippen molar-refractivity contribution in [2.75, 3.05) is 0 Å². The van der Waals surface area contributed by atoms with E-state index in [1.807, 2.05) is 170 Å². The van der Waals surface area contributed by atoms with Gasteiger partial charge < -0.3 is 37.7 Å². The van der Waals surface area contributed by atoms with E-state index < -0.39 is 22.8 Å². The minimum atomic E-state index is -3.25. The summed E-state index contributed by atoms with van der Waals surface area (Å²) >= 11 is 26.2. The van der Waals surface area contributed by atoms with E-state index in [1.165, 1.54) is 67.8 Å². The molecule has 0 bridgehead atoms. The summed E-state index contributed by atoms with van der Waals surface area (Å²) in [5.74, 6) is 2.64. The summed E-state index contributed by atoms with van der Waals surface area (Å²) in [7, 11) is 0. The average molecular weight is 1670 g/mol. The minimum absolute atomic E-state index is 0. The van der Waals surface area contributed by atoms with Crippen molar-refractivity contribution in [3.05, 3.63) is 239 Å². The third kappa shape index (κ3) is 35.8. The fourth-order valence-corrected chi connectivity index (χ4v) is 25.2. The summed E-state index contributed by atoms with van der Waals surface area (Å²) in [5.41, 5.74) is -3.92. The number of benzene rings is 8. The van der Waals surface area contributed by atoms with Crippen LogP contribution in [-0.2, 0) is 120 Å². The predicted molar refractivity (Wildman–Crippen MR) is 444 cm³/mol. The second-order valence-corrected chi connectivity index (χ2v) is 47.5. The van der Waals surface area contributed by atoms with Crippen molar-refractivity contribution in [3.8, 4) is 23.0 Å². The van der Waals surface area contributed by atoms with Crippen molar-refractivity contribution in [1.29, 1.82) is 0 Å². The first-order valence-corrected chi connectivity index (χ1v) is 51.9. The third-order valence-electron chi connectivity index (χ3n) is 15.9. The topological polar surface area (TPSA) is 129 Å². The average Bonchev–Trinajstić information content (AvgIpc) is 0.855. The molecule has 0 heterocycles. The molecule has 4 unspecified atom stereocenters. The number of hydrogen-bond acceptors (Lipinski definition) is 16. The summed E-state index contributed by atoms with van der Waals surface area (Å²) in [6.07, 6.45) is 25.3. The molecule has 0 N–H and O–H groups in total. The van der Waals surface area contributed by atoms with Gasteiger partial charge in [-0.15, -0.1) is 0 Å². The molecule has 0 saturated heterocycles. The molecule has 8 aromatic rings. The number of hydrogen-bond donors (Lipinski definition) is 0. The molecule has 101 heavy (non-hydrogen) atoms. The molecular weight excluding hydrogens is 1570 g/mol. The van der Waals surface area contributed by atoms with Gasteiger partial charge in [0.15, 0.2) is 0 Å². The van der Waals surface area contributed by atoms with E-state index in [9.17, 15) is 19.6 Å². The van der Waals surface area contributed by atoms with Gasteiger partial charge in [-0.05, 0) is 196 Å². The van der Waals surface area contributed by atoms with Crippen molar-refractivity contribution in [2.45, 2.75) is 229 Å². The van der Waals surface area contributed by atoms with Crippen LogP contribution < -0.4 is 37.7 Å². The minimum Gasteiger partial charge on any atom is -0.783 e. The zero-order valence-corrected chi connectivity index (χ0v) is 72.3. The van der Waals surface area contributed by atoms with Crippen LogP contribution in [0.25, 0.3) is 0 Å². The zero-order valence-electron chi connectivity index (χ0n) is 60.2. The quantitative estimate of drug-likeness (QED) is 0.0267. The Bertz CT molecular complexity index is 3140. The fourth-order valence-electron chi connectivity index (χ4n) is 10.4. The molecule has 8 nitrogen and oxygen atoms in total. The van der Waals surface area contributed by atoms with E-state index in [0.29, 0.717) is 23.0 Å². The monoisotopic (exact) mass is 1670 g/mol. The smallest absolute Gasteiger partial charge is 0.783 e. The molecule has 546 valence electrons. The number of para-hydroxylation sites is 4. The van der Waals surface area contributed by atoms with Crippen molar-refractivity contribution >= 4 is 116 Å². The van der Waals surface area contributed by atoms with Crippen LogP contribution in [0.1, 0.15) is 203 Å². The van der Waals surface area contributed by atoms with E-state index in [2.05, 4.69) is 79.7 Å². The fraction of sp³-hybridized carbons (Fsp3) is 0.400. The first-order valence-electron chi connectivity index (χ1n) is 35.7. The summed E-state index contributed by atoms with van der Waals surface area (Å²) in [4.78, 5) is 55.7. The molecule has 0 aliphatic heterocycles. The molecule has 0 aromatic heterocycles. The SMILES string of the molecule is CCCCc1ccccc1OP([O-])(=S)Sc1ccccc1CCCC.CCCCc1ccccc1OP([O-])(=S)Sc1ccccc1CCCC.CCCCc1ccccc1OP([O-])(=S)Sc1ccccc1CCCC.CCCCc1ccccc1OP([O-])(=S)Sc1ccccc1CCCC.[Mo+4]. The van der Waals surface area contributed by atoms with Crippen LogP contribution in [0.5, 0.6) is 23.0 Å². The Labute approximate surface area is 658 Å². The zero-order chi connectivity index (χ0) is 72.5. The van der Waals surface area contributed by atoms with Gasteiger partial charge in [-0.25, -0.2) is 0 Å². The molecule has 0 spiro atoms. The van der Waals surface area contributed by atoms with Gasteiger partial charge in [0.25, 0.3) is 0 Å². The third-order valence-corrected chi connectivity index (χ3v) is 30.3. The van der Waals surface area contributed by atoms with Crippen molar-refractivity contribution < 1.29 is 58.7 Å². The van der Waals surface area contributed by atoms with E-state index in [1.54, 1.807) is 0 Å². The summed E-state index contributed by atoms with van der Waals surface area (Å²) in [6, 6.07) is 63.3. The normalized spacial score (nSPS) is 13.3. The van der Waals surface area contributed by atoms with Crippen molar-refractivity contribution in [2.24, 2.45) is 0 Å². The van der Waals surface area contributed by atoms with Crippen LogP contribution in [0.15, 0.2) is 214 Å². The van der Waals surface area contributed by atoms with Crippen LogP contribution in [0.4, 0.5) is 0 Å². The Kier molecular flexibility index (Phi) is 45.8. The predicted octanol–water partition coefficient (Wildman–Crippen LogP) is 24.5. The standard InChI is InChI=1S/4C20H27O2PS2.Mo/c4*1-3-5-11-17-13-7-9-15-19(17)22-23(21,24)25-20-16-10-8-14-18(20)12-6-4-2;/h4*7-10,13-16H,3-6,11-12H2,1-2H3,(H,21,24);/q;;;;+4/p-4. The molecule has 0 radical (unpaired) electrons. The van der Waals surface area contributed by atoms with Crippen molar-refractivity contribution in [3.63, 3.8) is 0 Å². The van der Waals surface area contributed by atoms with Crippen LogP contribution in [0.3, 0.4) is 0 Å². The van der Waals surface area contributed by atoms with Gasteiger partial charge in [0.1, 0.15) is 45.8 Å². The first kappa shape index (κ1) is 90.9. The van der Waals surface area contributed by atoms with E-state index in [0.717, 1.165) is 196 Å². The maximum absolute atomic E-state index is 13.0. The maximum atomic E-state index is 13.0. The molecule has 8 rings (SSSR count). The van der Waals surface area contributed by atoms with Crippen LogP contribution in [-0.4, -0.2) is 0 Å². The van der Waals surface area contributed by atoms with Gasteiger partial charge in [-0.1, -0.05) is 345 Å². The largest absolute Gasteiger partial charge is 4.00 e. The second-order valence-electron chi connectivity index (χ2n) is 24.2. The Balaban J connectivity index is 0.000000285. The summed E-state index contributed by atoms with van der Waals surface area (Å²) in [6.45, 7) is 17.3. The van der Waals surface area contributed by atoms with Gasteiger partial charge in [-0.2, -0.15) is 0 Å². The van der Waals surface area contributed by atoms with Gasteiger partial charge >= 0.3 is 21.1 Å². The molecule has 0 saturated carbocycles. The van der Waals surface area contributed by atoms with E-state index in [4.69, 9.17) is 65.3 Å². The van der Waals surface area contributed by atoms with Gasteiger partial charge in [-0.3, -0.25) is 0 Å². The van der Waals surface area contributed by atoms with Gasteiger partial charge in [0, 0.05) is 19.6 Å². The Morgan fingerprint density at radius 1 is 0.238 bits per heavy atom. The molecular formula is C80H104MoO8P4S8. The van der Waals surface area contributed by atoms with E-state index in [-0.39, 0.29) is 21.1 Å². The molecule has 8 aromatic carbocycles. The Morgan fingerprint density at radius 2 is 0.376 bits per heavy atom. The summed E-state index contributed by atoms with van der Waals surface area (Å²) in [5, 5.41) is 0. The van der Waals surface area contributed by atoms with Crippen molar-refractivity contribution in [1.82, 2.24) is 0 Å². The Hall–Kier alpha value is -2.51. The Morgan fingerprint density at radius 3 is 0.545 bits per heavy atom. The molecule has 0 fully saturated rings. The van der Waals surface area contributed by atoms with Gasteiger partial charge in [0.2, 0.25) is 0 Å². The molecule has 21 heteroatoms. The van der Waals surface area contributed by atoms with Gasteiger partial charge in [0.05, 0.1) is 0 Å². The van der Waals surface area contributed by atoms with Crippen LogP contribution in [0, 0.1) is 0 Å². The second kappa shape index (κ2) is 50.9. The number of rotatable bonds is 40. The molecule has 4 atom stereocenters. The molecule has 0 aliphatic carbocycles. The van der Waals surface area contributed by atoms with E-state index >= 15 is 0 Å². The van der Waals surface area contributed by atoms with Crippen LogP contribution >= 0.6 is 68.3 Å². The first-order chi connectivity index (χ1) is 48.2. The van der Waals surface area contributed by atoms with Crippen LogP contribution in [0.2, 0.25) is 0 Å². The maximum Gasteiger partial charge on any atom is 4.00 e. The number of unbranched alkanes of at least 4 members (excludes halogenated alkanes) is 8. The number of aryl methyl sites for hydroxylation is 8. The molecule has 0 aliphatic rings. The summed E-state index contributed by atoms with van der Waals surface area (Å²) < 4.78 is 23.3. The molecule has 0 amide bonds.